The molecule has 98 valence electrons. The number of aryl methyl sites for hydroxylation is 1. The van der Waals surface area contributed by atoms with Gasteiger partial charge < -0.3 is 15.2 Å². The van der Waals surface area contributed by atoms with E-state index in [0.29, 0.717) is 13.0 Å². The highest BCUT2D eigenvalue weighted by Gasteiger charge is 2.17. The van der Waals surface area contributed by atoms with Crippen molar-refractivity contribution in [3.05, 3.63) is 28.7 Å². The van der Waals surface area contributed by atoms with Crippen molar-refractivity contribution in [3.8, 4) is 0 Å². The smallest absolute Gasteiger partial charge is 0.250 e. The monoisotopic (exact) mass is 249 g/mol. The average Bonchev–Trinajstić information content (AvgIpc) is 2.56. The zero-order chi connectivity index (χ0) is 13.0. The molecule has 1 saturated heterocycles. The average molecular weight is 249 g/mol. The number of rotatable bonds is 3. The number of pyridine rings is 1. The summed E-state index contributed by atoms with van der Waals surface area (Å²) in [5.74, 6) is 0.0915. The molecule has 0 saturated carbocycles. The molecule has 0 bridgehead atoms. The van der Waals surface area contributed by atoms with E-state index in [-0.39, 0.29) is 17.5 Å². The van der Waals surface area contributed by atoms with E-state index in [4.69, 9.17) is 0 Å². The van der Waals surface area contributed by atoms with Crippen molar-refractivity contribution in [1.29, 1.82) is 0 Å². The van der Waals surface area contributed by atoms with Gasteiger partial charge in [0.05, 0.1) is 5.69 Å². The largest absolute Gasteiger partial charge is 0.381 e. The lowest BCUT2D eigenvalue weighted by Gasteiger charge is -2.17. The number of hydrogen-bond donors (Lipinski definition) is 2. The summed E-state index contributed by atoms with van der Waals surface area (Å²) in [6, 6.07) is 3.48. The van der Waals surface area contributed by atoms with Crippen LogP contribution in [0.3, 0.4) is 0 Å². The van der Waals surface area contributed by atoms with Crippen LogP contribution in [-0.2, 0) is 11.3 Å². The molecule has 5 nitrogen and oxygen atoms in total. The first kappa shape index (κ1) is 12.7. The first-order valence-electron chi connectivity index (χ1n) is 6.43. The molecule has 0 aliphatic carbocycles. The molecule has 1 fully saturated rings. The minimum Gasteiger partial charge on any atom is -0.381 e. The summed E-state index contributed by atoms with van der Waals surface area (Å²) in [5, 5.41) is 6.19. The number of nitrogens with zero attached hydrogens (tertiary/aromatic N) is 1. The van der Waals surface area contributed by atoms with Gasteiger partial charge in [-0.25, -0.2) is 0 Å². The summed E-state index contributed by atoms with van der Waals surface area (Å²) in [5.41, 5.74) is 0.901. The van der Waals surface area contributed by atoms with Gasteiger partial charge >= 0.3 is 0 Å². The molecular weight excluding hydrogens is 230 g/mol. The van der Waals surface area contributed by atoms with Crippen LogP contribution in [0.4, 0.5) is 5.69 Å². The summed E-state index contributed by atoms with van der Waals surface area (Å²) in [7, 11) is 0. The fourth-order valence-corrected chi connectivity index (χ4v) is 2.20. The number of hydrogen-bond acceptors (Lipinski definition) is 3. The van der Waals surface area contributed by atoms with Gasteiger partial charge in [0.1, 0.15) is 0 Å². The first-order chi connectivity index (χ1) is 8.69. The van der Waals surface area contributed by atoms with Crippen molar-refractivity contribution in [1.82, 2.24) is 9.88 Å². The number of carbonyl (C=O) groups excluding carboxylic acids is 1. The van der Waals surface area contributed by atoms with E-state index in [1.54, 1.807) is 16.7 Å². The van der Waals surface area contributed by atoms with E-state index >= 15 is 0 Å². The molecular formula is C13H19N3O2. The van der Waals surface area contributed by atoms with Crippen LogP contribution in [0.25, 0.3) is 0 Å². The van der Waals surface area contributed by atoms with Gasteiger partial charge in [-0.05, 0) is 25.8 Å². The maximum Gasteiger partial charge on any atom is 0.250 e. The second-order valence-corrected chi connectivity index (χ2v) is 4.58. The Hall–Kier alpha value is -1.78. The van der Waals surface area contributed by atoms with Crippen molar-refractivity contribution in [2.45, 2.75) is 38.8 Å². The van der Waals surface area contributed by atoms with Crippen LogP contribution in [0.5, 0.6) is 0 Å². The summed E-state index contributed by atoms with van der Waals surface area (Å²) in [6.45, 7) is 3.34. The molecule has 1 atom stereocenters. The zero-order valence-corrected chi connectivity index (χ0v) is 10.6. The van der Waals surface area contributed by atoms with Gasteiger partial charge in [-0.1, -0.05) is 0 Å². The van der Waals surface area contributed by atoms with Crippen LogP contribution < -0.4 is 16.2 Å². The lowest BCUT2D eigenvalue weighted by molar-refractivity contribution is -0.120. The highest BCUT2D eigenvalue weighted by molar-refractivity contribution is 5.77. The number of anilines is 1. The molecule has 5 heteroatoms. The molecule has 1 amide bonds. The summed E-state index contributed by atoms with van der Waals surface area (Å²) >= 11 is 0. The Morgan fingerprint density at radius 2 is 2.28 bits per heavy atom. The predicted molar refractivity (Wildman–Crippen MR) is 70.6 cm³/mol. The van der Waals surface area contributed by atoms with E-state index in [0.717, 1.165) is 25.1 Å². The Kier molecular flexibility index (Phi) is 4.02. The van der Waals surface area contributed by atoms with Gasteiger partial charge in [0, 0.05) is 37.8 Å². The molecule has 1 aromatic rings. The minimum absolute atomic E-state index is 0.00154. The normalized spacial score (nSPS) is 20.1. The highest BCUT2D eigenvalue weighted by atomic mass is 16.1. The molecule has 1 aliphatic heterocycles. The Labute approximate surface area is 106 Å². The van der Waals surface area contributed by atoms with Gasteiger partial charge in [0.2, 0.25) is 5.91 Å². The summed E-state index contributed by atoms with van der Waals surface area (Å²) in [6.07, 6.45) is 4.25. The predicted octanol–water partition coefficient (Wildman–Crippen LogP) is 0.949. The third kappa shape index (κ3) is 3.12. The third-order valence-electron chi connectivity index (χ3n) is 3.18. The van der Waals surface area contributed by atoms with Crippen LogP contribution >= 0.6 is 0 Å². The molecule has 0 spiro atoms. The Bertz CT molecular complexity index is 481. The molecule has 1 aromatic heterocycles. The number of aromatic nitrogens is 1. The molecule has 2 N–H and O–H groups in total. The van der Waals surface area contributed by atoms with Crippen molar-refractivity contribution in [2.75, 3.05) is 11.9 Å². The number of carbonyl (C=O) groups is 1. The van der Waals surface area contributed by atoms with Gasteiger partial charge in [-0.3, -0.25) is 9.59 Å². The molecule has 2 heterocycles. The van der Waals surface area contributed by atoms with Gasteiger partial charge in [-0.15, -0.1) is 0 Å². The van der Waals surface area contributed by atoms with E-state index in [1.807, 2.05) is 13.1 Å². The van der Waals surface area contributed by atoms with Crippen LogP contribution in [0.2, 0.25) is 0 Å². The van der Waals surface area contributed by atoms with Crippen molar-refractivity contribution in [3.63, 3.8) is 0 Å². The quantitative estimate of drug-likeness (QED) is 0.838. The van der Waals surface area contributed by atoms with Gasteiger partial charge in [0.25, 0.3) is 5.56 Å². The topological polar surface area (TPSA) is 63.1 Å². The molecule has 0 radical (unpaired) electrons. The highest BCUT2D eigenvalue weighted by Crippen LogP contribution is 2.13. The molecule has 18 heavy (non-hydrogen) atoms. The van der Waals surface area contributed by atoms with Crippen LogP contribution in [0.1, 0.15) is 26.2 Å². The summed E-state index contributed by atoms with van der Waals surface area (Å²) in [4.78, 5) is 22.9. The standard InChI is InChI=1S/C13H19N3O2/c1-2-16-9-11(5-6-13(16)18)15-10-4-3-7-14-12(17)8-10/h5-6,9-10,15H,2-4,7-8H2,1H3,(H,14,17). The second kappa shape index (κ2) is 5.71. The van der Waals surface area contributed by atoms with Crippen LogP contribution in [0.15, 0.2) is 23.1 Å². The Morgan fingerprint density at radius 3 is 3.06 bits per heavy atom. The van der Waals surface area contributed by atoms with E-state index in [2.05, 4.69) is 10.6 Å². The Balaban J connectivity index is 2.08. The molecule has 2 rings (SSSR count). The number of nitrogens with one attached hydrogen (secondary N) is 2. The minimum atomic E-state index is 0.00154. The maximum absolute atomic E-state index is 11.5. The van der Waals surface area contributed by atoms with Crippen molar-refractivity contribution >= 4 is 11.6 Å². The zero-order valence-electron chi connectivity index (χ0n) is 10.6. The lowest BCUT2D eigenvalue weighted by atomic mass is 10.1. The summed E-state index contributed by atoms with van der Waals surface area (Å²) < 4.78 is 1.65. The fourth-order valence-electron chi connectivity index (χ4n) is 2.20. The maximum atomic E-state index is 11.5. The van der Waals surface area contributed by atoms with Crippen LogP contribution in [-0.4, -0.2) is 23.1 Å². The van der Waals surface area contributed by atoms with E-state index in [1.165, 1.54) is 0 Å². The second-order valence-electron chi connectivity index (χ2n) is 4.58. The molecule has 1 unspecified atom stereocenters. The first-order valence-corrected chi connectivity index (χ1v) is 6.43. The van der Waals surface area contributed by atoms with Gasteiger partial charge in [0.15, 0.2) is 0 Å². The third-order valence-corrected chi connectivity index (χ3v) is 3.18. The van der Waals surface area contributed by atoms with Crippen molar-refractivity contribution < 1.29 is 4.79 Å². The molecule has 0 aromatic carbocycles. The molecule has 1 aliphatic rings. The van der Waals surface area contributed by atoms with Crippen molar-refractivity contribution in [2.24, 2.45) is 0 Å². The SMILES string of the molecule is CCn1cc(NC2CCCNC(=O)C2)ccc1=O. The van der Waals surface area contributed by atoms with Crippen LogP contribution in [0, 0.1) is 0 Å². The van der Waals surface area contributed by atoms with Gasteiger partial charge in [-0.2, -0.15) is 0 Å². The van der Waals surface area contributed by atoms with E-state index in [9.17, 15) is 9.59 Å². The fraction of sp³-hybridized carbons (Fsp3) is 0.538. The Morgan fingerprint density at radius 1 is 1.44 bits per heavy atom. The number of amides is 1. The lowest BCUT2D eigenvalue weighted by Crippen LogP contribution is -2.27. The van der Waals surface area contributed by atoms with E-state index < -0.39 is 0 Å².